The normalized spacial score (nSPS) is 11.2. The maximum Gasteiger partial charge on any atom is 0.154 e. The number of nitrogens with zero attached hydrogens (tertiary/aromatic N) is 5. The smallest absolute Gasteiger partial charge is 0.154 e. The molecule has 7 heteroatoms. The van der Waals surface area contributed by atoms with Crippen molar-refractivity contribution in [3.8, 4) is 0 Å². The minimum atomic E-state index is 0.539. The Hall–Kier alpha value is -3.22. The van der Waals surface area contributed by atoms with Gasteiger partial charge in [0.25, 0.3) is 0 Å². The van der Waals surface area contributed by atoms with Gasteiger partial charge in [-0.15, -0.1) is 0 Å². The van der Waals surface area contributed by atoms with E-state index in [2.05, 4.69) is 36.1 Å². The third-order valence-corrected chi connectivity index (χ3v) is 4.14. The Bertz CT molecular complexity index is 1050. The first-order chi connectivity index (χ1) is 12.6. The van der Waals surface area contributed by atoms with Crippen LogP contribution >= 0.6 is 0 Å². The molecule has 0 saturated carbocycles. The summed E-state index contributed by atoms with van der Waals surface area (Å²) in [7, 11) is 0. The lowest BCUT2D eigenvalue weighted by atomic mass is 10.3. The van der Waals surface area contributed by atoms with E-state index in [1.54, 1.807) is 0 Å². The van der Waals surface area contributed by atoms with E-state index in [1.807, 2.05) is 51.4 Å². The molecule has 7 nitrogen and oxygen atoms in total. The maximum atomic E-state index is 5.13. The summed E-state index contributed by atoms with van der Waals surface area (Å²) in [5, 5.41) is 7.39. The highest BCUT2D eigenvalue weighted by Gasteiger charge is 2.12. The van der Waals surface area contributed by atoms with E-state index >= 15 is 0 Å². The summed E-state index contributed by atoms with van der Waals surface area (Å²) in [5.41, 5.74) is 4.84. The van der Waals surface area contributed by atoms with E-state index in [9.17, 15) is 0 Å². The Balaban J connectivity index is 1.67. The second-order valence-corrected chi connectivity index (χ2v) is 6.41. The molecule has 0 spiro atoms. The highest BCUT2D eigenvalue weighted by Crippen LogP contribution is 2.23. The first-order valence-corrected chi connectivity index (χ1v) is 8.49. The van der Waals surface area contributed by atoms with E-state index < -0.39 is 0 Å². The van der Waals surface area contributed by atoms with Crippen LogP contribution in [0.15, 0.2) is 41.2 Å². The zero-order chi connectivity index (χ0) is 18.1. The molecular formula is C19H20N6O. The average molecular weight is 348 g/mol. The lowest BCUT2D eigenvalue weighted by Gasteiger charge is -2.11. The fourth-order valence-electron chi connectivity index (χ4n) is 2.92. The summed E-state index contributed by atoms with van der Waals surface area (Å²) in [6.45, 7) is 7.00. The van der Waals surface area contributed by atoms with Crippen LogP contribution in [-0.4, -0.2) is 24.7 Å². The number of anilines is 1. The zero-order valence-corrected chi connectivity index (χ0v) is 15.0. The molecule has 1 N–H and O–H groups in total. The number of hydrogen-bond acceptors (Lipinski definition) is 6. The fraction of sp³-hybridized carbons (Fsp3) is 0.263. The standard InChI is InChI=1S/C19H20N6O/c1-12-4-5-15(20-9-12)11-25-7-6-17-18(25)19(23-14(3)22-17)21-10-16-8-13(2)26-24-16/h4-9H,10-11H2,1-3H3,(H,21,22,23). The average Bonchev–Trinajstić information content (AvgIpc) is 3.21. The summed E-state index contributed by atoms with van der Waals surface area (Å²) in [4.78, 5) is 13.6. The van der Waals surface area contributed by atoms with Gasteiger partial charge in [-0.3, -0.25) is 4.98 Å². The van der Waals surface area contributed by atoms with Crippen molar-refractivity contribution >= 4 is 16.9 Å². The van der Waals surface area contributed by atoms with Gasteiger partial charge in [0.15, 0.2) is 5.82 Å². The molecule has 0 aliphatic carbocycles. The number of fused-ring (bicyclic) bond motifs is 1. The van der Waals surface area contributed by atoms with E-state index in [0.717, 1.165) is 45.4 Å². The molecule has 4 aromatic heterocycles. The van der Waals surface area contributed by atoms with Gasteiger partial charge in [-0.25, -0.2) is 9.97 Å². The molecule has 0 saturated heterocycles. The third kappa shape index (κ3) is 3.28. The van der Waals surface area contributed by atoms with Crippen molar-refractivity contribution < 1.29 is 4.52 Å². The molecule has 4 heterocycles. The van der Waals surface area contributed by atoms with E-state index in [4.69, 9.17) is 4.52 Å². The molecule has 0 aliphatic heterocycles. The van der Waals surface area contributed by atoms with Crippen LogP contribution in [0.4, 0.5) is 5.82 Å². The van der Waals surface area contributed by atoms with Crippen LogP contribution in [0.5, 0.6) is 0 Å². The van der Waals surface area contributed by atoms with Crippen LogP contribution in [0, 0.1) is 20.8 Å². The van der Waals surface area contributed by atoms with Gasteiger partial charge in [-0.1, -0.05) is 11.2 Å². The molecule has 26 heavy (non-hydrogen) atoms. The van der Waals surface area contributed by atoms with Crippen molar-refractivity contribution in [2.24, 2.45) is 0 Å². The van der Waals surface area contributed by atoms with Crippen LogP contribution in [0.3, 0.4) is 0 Å². The Morgan fingerprint density at radius 2 is 1.96 bits per heavy atom. The van der Waals surface area contributed by atoms with Crippen LogP contribution in [0.25, 0.3) is 11.0 Å². The van der Waals surface area contributed by atoms with Gasteiger partial charge in [0.1, 0.15) is 22.8 Å². The Labute approximate surface area is 151 Å². The molecule has 132 valence electrons. The molecule has 4 rings (SSSR count). The number of aryl methyl sites for hydroxylation is 3. The predicted molar refractivity (Wildman–Crippen MR) is 98.9 cm³/mol. The number of pyridine rings is 1. The Kier molecular flexibility index (Phi) is 4.12. The largest absolute Gasteiger partial charge is 0.362 e. The second-order valence-electron chi connectivity index (χ2n) is 6.41. The molecule has 0 bridgehead atoms. The monoisotopic (exact) mass is 348 g/mol. The summed E-state index contributed by atoms with van der Waals surface area (Å²) >= 11 is 0. The van der Waals surface area contributed by atoms with Crippen LogP contribution in [0.2, 0.25) is 0 Å². The number of aromatic nitrogens is 5. The summed E-state index contributed by atoms with van der Waals surface area (Å²) in [6.07, 6.45) is 3.90. The van der Waals surface area contributed by atoms with Crippen molar-refractivity contribution in [3.05, 3.63) is 65.2 Å². The van der Waals surface area contributed by atoms with Gasteiger partial charge >= 0.3 is 0 Å². The highest BCUT2D eigenvalue weighted by molar-refractivity contribution is 5.86. The van der Waals surface area contributed by atoms with Crippen molar-refractivity contribution in [2.45, 2.75) is 33.9 Å². The topological polar surface area (TPSA) is 81.7 Å². The highest BCUT2D eigenvalue weighted by atomic mass is 16.5. The molecule has 0 radical (unpaired) electrons. The SMILES string of the molecule is Cc1ccc(Cn2ccc3nc(C)nc(NCc4cc(C)on4)c32)nc1. The van der Waals surface area contributed by atoms with Crippen LogP contribution < -0.4 is 5.32 Å². The molecule has 0 aromatic carbocycles. The number of rotatable bonds is 5. The van der Waals surface area contributed by atoms with E-state index in [1.165, 1.54) is 0 Å². The van der Waals surface area contributed by atoms with Crippen molar-refractivity contribution in [1.29, 1.82) is 0 Å². The minimum Gasteiger partial charge on any atom is -0.362 e. The lowest BCUT2D eigenvalue weighted by Crippen LogP contribution is -2.08. The first kappa shape index (κ1) is 16.3. The molecule has 4 aromatic rings. The van der Waals surface area contributed by atoms with Gasteiger partial charge in [0, 0.05) is 18.5 Å². The minimum absolute atomic E-state index is 0.539. The van der Waals surface area contributed by atoms with Gasteiger partial charge in [0.2, 0.25) is 0 Å². The summed E-state index contributed by atoms with van der Waals surface area (Å²) < 4.78 is 7.24. The van der Waals surface area contributed by atoms with Crippen molar-refractivity contribution in [2.75, 3.05) is 5.32 Å². The lowest BCUT2D eigenvalue weighted by molar-refractivity contribution is 0.391. The molecule has 0 fully saturated rings. The van der Waals surface area contributed by atoms with Gasteiger partial charge in [-0.05, 0) is 38.5 Å². The van der Waals surface area contributed by atoms with Gasteiger partial charge < -0.3 is 14.4 Å². The first-order valence-electron chi connectivity index (χ1n) is 8.49. The molecule has 0 unspecified atom stereocenters. The van der Waals surface area contributed by atoms with Crippen molar-refractivity contribution in [3.63, 3.8) is 0 Å². The molecule has 0 atom stereocenters. The third-order valence-electron chi connectivity index (χ3n) is 4.14. The molecule has 0 amide bonds. The van der Waals surface area contributed by atoms with Crippen LogP contribution in [0.1, 0.15) is 28.5 Å². The molecule has 0 aliphatic rings. The van der Waals surface area contributed by atoms with E-state index in [0.29, 0.717) is 13.1 Å². The number of nitrogens with one attached hydrogen (secondary N) is 1. The second kappa shape index (κ2) is 6.59. The maximum absolute atomic E-state index is 5.13. The van der Waals surface area contributed by atoms with Gasteiger partial charge in [-0.2, -0.15) is 0 Å². The Morgan fingerprint density at radius 3 is 2.69 bits per heavy atom. The molecular weight excluding hydrogens is 328 g/mol. The van der Waals surface area contributed by atoms with Crippen molar-refractivity contribution in [1.82, 2.24) is 24.7 Å². The summed E-state index contributed by atoms with van der Waals surface area (Å²) in [6, 6.07) is 8.03. The van der Waals surface area contributed by atoms with Gasteiger partial charge in [0.05, 0.1) is 24.3 Å². The Morgan fingerprint density at radius 1 is 1.08 bits per heavy atom. The summed E-state index contributed by atoms with van der Waals surface area (Å²) in [5.74, 6) is 2.30. The quantitative estimate of drug-likeness (QED) is 0.595. The van der Waals surface area contributed by atoms with E-state index in [-0.39, 0.29) is 0 Å². The number of hydrogen-bond donors (Lipinski definition) is 1. The predicted octanol–water partition coefficient (Wildman–Crippen LogP) is 3.40. The van der Waals surface area contributed by atoms with Crippen LogP contribution in [-0.2, 0) is 13.1 Å². The fourth-order valence-corrected chi connectivity index (χ4v) is 2.92. The zero-order valence-electron chi connectivity index (χ0n) is 15.0.